The van der Waals surface area contributed by atoms with Crippen molar-refractivity contribution in [2.24, 2.45) is 11.7 Å². The number of nitrogens with zero attached hydrogens (tertiary/aromatic N) is 1. The fourth-order valence-electron chi connectivity index (χ4n) is 4.07. The molecule has 194 valence electrons. The van der Waals surface area contributed by atoms with Gasteiger partial charge in [-0.2, -0.15) is 0 Å². The average Bonchev–Trinajstić information content (AvgIpc) is 3.30. The van der Waals surface area contributed by atoms with E-state index >= 15 is 0 Å². The Hall–Kier alpha value is -3.18. The van der Waals surface area contributed by atoms with E-state index in [0.29, 0.717) is 25.8 Å². The molecule has 1 heterocycles. The Bertz CT molecular complexity index is 906. The predicted octanol–water partition coefficient (Wildman–Crippen LogP) is -0.266. The lowest BCUT2D eigenvalue weighted by molar-refractivity contribution is -0.146. The largest absolute Gasteiger partial charge is 0.508 e. The molecule has 7 N–H and O–H groups in total. The summed E-state index contributed by atoms with van der Waals surface area (Å²) in [7, 11) is 0. The smallest absolute Gasteiger partial charge is 0.328 e. The van der Waals surface area contributed by atoms with Gasteiger partial charge in [0, 0.05) is 6.54 Å². The lowest BCUT2D eigenvalue weighted by Gasteiger charge is -2.30. The first-order valence-electron chi connectivity index (χ1n) is 11.8. The van der Waals surface area contributed by atoms with Crippen LogP contribution in [0.5, 0.6) is 5.75 Å². The predicted molar refractivity (Wildman–Crippen MR) is 127 cm³/mol. The van der Waals surface area contributed by atoms with Gasteiger partial charge < -0.3 is 36.6 Å². The van der Waals surface area contributed by atoms with Crippen LogP contribution in [0.3, 0.4) is 0 Å². The van der Waals surface area contributed by atoms with Crippen molar-refractivity contribution in [3.05, 3.63) is 29.8 Å². The summed E-state index contributed by atoms with van der Waals surface area (Å²) < 4.78 is 0. The number of carbonyl (C=O) groups excluding carboxylic acids is 3. The zero-order valence-electron chi connectivity index (χ0n) is 20.3. The van der Waals surface area contributed by atoms with Crippen LogP contribution in [0.2, 0.25) is 0 Å². The van der Waals surface area contributed by atoms with Gasteiger partial charge in [0.15, 0.2) is 6.04 Å². The molecule has 35 heavy (non-hydrogen) atoms. The van der Waals surface area contributed by atoms with Crippen molar-refractivity contribution in [1.29, 1.82) is 0 Å². The molecule has 11 heteroatoms. The molecule has 0 aliphatic carbocycles. The molecule has 0 radical (unpaired) electrons. The minimum atomic E-state index is -1.52. The fraction of sp³-hybridized carbons (Fsp3) is 0.583. The molecule has 1 aromatic carbocycles. The molecule has 0 aromatic heterocycles. The van der Waals surface area contributed by atoms with Crippen molar-refractivity contribution in [3.63, 3.8) is 0 Å². The number of likely N-dealkylation sites (tertiary alicyclic amines) is 1. The number of nitrogens with one attached hydrogen (secondary N) is 2. The normalized spacial score (nSPS) is 19.8. The number of aliphatic hydroxyl groups excluding tert-OH is 1. The molecule has 6 unspecified atom stereocenters. The minimum Gasteiger partial charge on any atom is -0.508 e. The Balaban J connectivity index is 2.10. The van der Waals surface area contributed by atoms with E-state index in [1.165, 1.54) is 24.0 Å². The van der Waals surface area contributed by atoms with Crippen LogP contribution in [0.15, 0.2) is 24.3 Å². The van der Waals surface area contributed by atoms with Crippen LogP contribution < -0.4 is 16.4 Å². The SMILES string of the molecule is CCC(C)C(NC(=O)C1CCCN1C(=O)C(N)Cc1ccc(O)cc1)C(=O)NC(C(=O)O)C(C)O. The molecular weight excluding hydrogens is 456 g/mol. The number of carbonyl (C=O) groups is 4. The quantitative estimate of drug-likeness (QED) is 0.244. The second-order valence-electron chi connectivity index (χ2n) is 9.10. The molecule has 1 aliphatic heterocycles. The Morgan fingerprint density at radius 1 is 1.11 bits per heavy atom. The summed E-state index contributed by atoms with van der Waals surface area (Å²) in [4.78, 5) is 51.8. The van der Waals surface area contributed by atoms with Crippen LogP contribution in [-0.2, 0) is 25.6 Å². The number of benzene rings is 1. The number of nitrogens with two attached hydrogens (primary N) is 1. The number of rotatable bonds is 11. The zero-order valence-corrected chi connectivity index (χ0v) is 20.3. The Kier molecular flexibility index (Phi) is 10.0. The average molecular weight is 493 g/mol. The molecule has 1 aliphatic rings. The van der Waals surface area contributed by atoms with Crippen molar-refractivity contribution in [1.82, 2.24) is 15.5 Å². The molecule has 3 amide bonds. The highest BCUT2D eigenvalue weighted by atomic mass is 16.4. The number of phenolic OH excluding ortho intramolecular Hbond substituents is 1. The second kappa shape index (κ2) is 12.5. The molecule has 1 saturated heterocycles. The van der Waals surface area contributed by atoms with Crippen LogP contribution >= 0.6 is 0 Å². The topological polar surface area (TPSA) is 182 Å². The van der Waals surface area contributed by atoms with E-state index in [1.54, 1.807) is 19.1 Å². The Morgan fingerprint density at radius 2 is 1.74 bits per heavy atom. The molecule has 1 fully saturated rings. The third-order valence-corrected chi connectivity index (χ3v) is 6.39. The van der Waals surface area contributed by atoms with Crippen LogP contribution in [0, 0.1) is 5.92 Å². The maximum atomic E-state index is 13.1. The number of aliphatic hydroxyl groups is 1. The number of amides is 3. The molecule has 1 aromatic rings. The van der Waals surface area contributed by atoms with Crippen LogP contribution in [0.25, 0.3) is 0 Å². The van der Waals surface area contributed by atoms with Gasteiger partial charge >= 0.3 is 5.97 Å². The van der Waals surface area contributed by atoms with E-state index in [0.717, 1.165) is 5.56 Å². The first kappa shape index (κ1) is 28.1. The summed E-state index contributed by atoms with van der Waals surface area (Å²) in [6.45, 7) is 5.17. The minimum absolute atomic E-state index is 0.105. The van der Waals surface area contributed by atoms with Crippen molar-refractivity contribution in [2.75, 3.05) is 6.54 Å². The standard InChI is InChI=1S/C24H36N4O7/c1-4-13(2)19(22(32)27-20(14(3)29)24(34)35)26-21(31)18-6-5-11-28(18)23(33)17(25)12-15-7-9-16(30)10-8-15/h7-10,13-14,17-20,29-30H,4-6,11-12,25H2,1-3H3,(H,26,31)(H,27,32)(H,34,35). The lowest BCUT2D eigenvalue weighted by Crippen LogP contribution is -2.59. The highest BCUT2D eigenvalue weighted by Gasteiger charge is 2.39. The highest BCUT2D eigenvalue weighted by Crippen LogP contribution is 2.21. The molecule has 11 nitrogen and oxygen atoms in total. The summed E-state index contributed by atoms with van der Waals surface area (Å²) in [6, 6.07) is 2.09. The maximum absolute atomic E-state index is 13.1. The molecule has 2 rings (SSSR count). The summed E-state index contributed by atoms with van der Waals surface area (Å²) in [5, 5.41) is 33.3. The highest BCUT2D eigenvalue weighted by molar-refractivity contribution is 5.94. The zero-order chi connectivity index (χ0) is 26.3. The van der Waals surface area contributed by atoms with E-state index in [2.05, 4.69) is 10.6 Å². The van der Waals surface area contributed by atoms with E-state index in [9.17, 15) is 34.5 Å². The van der Waals surface area contributed by atoms with Gasteiger partial charge in [-0.3, -0.25) is 14.4 Å². The summed E-state index contributed by atoms with van der Waals surface area (Å²) in [5.41, 5.74) is 6.90. The van der Waals surface area contributed by atoms with Gasteiger partial charge in [0.05, 0.1) is 12.1 Å². The number of hydrogen-bond donors (Lipinski definition) is 6. The number of carboxylic acids is 1. The number of hydrogen-bond acceptors (Lipinski definition) is 7. The Morgan fingerprint density at radius 3 is 2.29 bits per heavy atom. The molecule has 6 atom stereocenters. The summed E-state index contributed by atoms with van der Waals surface area (Å²) >= 11 is 0. The van der Waals surface area contributed by atoms with Gasteiger partial charge in [0.1, 0.15) is 17.8 Å². The second-order valence-corrected chi connectivity index (χ2v) is 9.10. The van der Waals surface area contributed by atoms with Crippen molar-refractivity contribution in [2.45, 2.75) is 76.7 Å². The number of aliphatic carboxylic acids is 1. The number of phenols is 1. The molecular formula is C24H36N4O7. The van der Waals surface area contributed by atoms with E-state index in [4.69, 9.17) is 5.73 Å². The molecule has 0 bridgehead atoms. The van der Waals surface area contributed by atoms with E-state index < -0.39 is 48.1 Å². The third kappa shape index (κ3) is 7.40. The van der Waals surface area contributed by atoms with Crippen molar-refractivity contribution < 1.29 is 34.5 Å². The molecule has 0 spiro atoms. The van der Waals surface area contributed by atoms with Gasteiger partial charge in [-0.15, -0.1) is 0 Å². The molecule has 0 saturated carbocycles. The van der Waals surface area contributed by atoms with E-state index in [-0.39, 0.29) is 24.0 Å². The number of carboxylic acid groups (broad SMARTS) is 1. The Labute approximate surface area is 204 Å². The summed E-state index contributed by atoms with van der Waals surface area (Å²) in [5.74, 6) is -3.24. The first-order chi connectivity index (χ1) is 16.5. The van der Waals surface area contributed by atoms with Gasteiger partial charge in [-0.05, 0) is 49.8 Å². The third-order valence-electron chi connectivity index (χ3n) is 6.39. The summed E-state index contributed by atoms with van der Waals surface area (Å²) in [6.07, 6.45) is 0.429. The van der Waals surface area contributed by atoms with Gasteiger partial charge in [-0.25, -0.2) is 4.79 Å². The van der Waals surface area contributed by atoms with Crippen molar-refractivity contribution >= 4 is 23.7 Å². The van der Waals surface area contributed by atoms with E-state index in [1.807, 2.05) is 6.92 Å². The van der Waals surface area contributed by atoms with Crippen LogP contribution in [-0.4, -0.2) is 80.7 Å². The van der Waals surface area contributed by atoms with Gasteiger partial charge in [0.2, 0.25) is 17.7 Å². The van der Waals surface area contributed by atoms with Gasteiger partial charge in [0.25, 0.3) is 0 Å². The first-order valence-corrected chi connectivity index (χ1v) is 11.8. The van der Waals surface area contributed by atoms with Crippen LogP contribution in [0.1, 0.15) is 45.6 Å². The number of aromatic hydroxyl groups is 1. The maximum Gasteiger partial charge on any atom is 0.328 e. The monoisotopic (exact) mass is 492 g/mol. The van der Waals surface area contributed by atoms with Gasteiger partial charge in [-0.1, -0.05) is 32.4 Å². The van der Waals surface area contributed by atoms with Crippen molar-refractivity contribution in [3.8, 4) is 5.75 Å². The van der Waals surface area contributed by atoms with Crippen LogP contribution in [0.4, 0.5) is 0 Å². The lowest BCUT2D eigenvalue weighted by atomic mass is 9.97. The fourth-order valence-corrected chi connectivity index (χ4v) is 4.07.